The number of hydrogen-bond acceptors (Lipinski definition) is 3. The topological polar surface area (TPSA) is 75.1 Å². The number of benzene rings is 1. The number of rotatable bonds is 4. The number of aromatic nitrogens is 1. The summed E-state index contributed by atoms with van der Waals surface area (Å²) in [6.07, 6.45) is 1.63. The van der Waals surface area contributed by atoms with Gasteiger partial charge in [-0.2, -0.15) is 0 Å². The van der Waals surface area contributed by atoms with Gasteiger partial charge in [-0.15, -0.1) is 0 Å². The third-order valence-electron chi connectivity index (χ3n) is 3.18. The lowest BCUT2D eigenvalue weighted by atomic mass is 10.1. The van der Waals surface area contributed by atoms with Crippen LogP contribution in [0.25, 0.3) is 0 Å². The Kier molecular flexibility index (Phi) is 4.33. The van der Waals surface area contributed by atoms with E-state index in [0.717, 1.165) is 11.3 Å². The van der Waals surface area contributed by atoms with Crippen molar-refractivity contribution in [2.75, 3.05) is 19.0 Å². The minimum Gasteiger partial charge on any atom is -0.377 e. The second-order valence-corrected chi connectivity index (χ2v) is 5.37. The van der Waals surface area contributed by atoms with Crippen molar-refractivity contribution in [2.24, 2.45) is 5.73 Å². The number of carbonyl (C=O) groups is 1. The summed E-state index contributed by atoms with van der Waals surface area (Å²) in [5, 5.41) is 8.47. The molecule has 0 atom stereocenters. The van der Waals surface area contributed by atoms with Crippen LogP contribution < -0.4 is 16.1 Å². The first kappa shape index (κ1) is 15.1. The molecular formula is C15H17ClN4O. The van der Waals surface area contributed by atoms with Gasteiger partial charge in [0.2, 0.25) is 0 Å². The maximum absolute atomic E-state index is 11.4. The van der Waals surface area contributed by atoms with E-state index < -0.39 is 5.91 Å². The standard InChI is InChI=1S/C15H17ClN4O/c1-19(2)13-6-4-3-5-10(13)8-20-9-11(16)7-12(14(20)17)15(18)21/h3-7,9,17H,8H2,1-2H3,(H2,18,21). The summed E-state index contributed by atoms with van der Waals surface area (Å²) in [6, 6.07) is 9.29. The zero-order chi connectivity index (χ0) is 15.6. The Morgan fingerprint density at radius 1 is 1.38 bits per heavy atom. The number of pyridine rings is 1. The van der Waals surface area contributed by atoms with E-state index in [2.05, 4.69) is 0 Å². The third-order valence-corrected chi connectivity index (χ3v) is 3.39. The van der Waals surface area contributed by atoms with Crippen molar-refractivity contribution >= 4 is 23.2 Å². The van der Waals surface area contributed by atoms with Gasteiger partial charge in [-0.05, 0) is 17.7 Å². The highest BCUT2D eigenvalue weighted by molar-refractivity contribution is 6.30. The van der Waals surface area contributed by atoms with Gasteiger partial charge in [0.1, 0.15) is 5.49 Å². The van der Waals surface area contributed by atoms with Crippen molar-refractivity contribution in [2.45, 2.75) is 6.54 Å². The first-order valence-electron chi connectivity index (χ1n) is 6.39. The zero-order valence-electron chi connectivity index (χ0n) is 11.9. The van der Waals surface area contributed by atoms with Gasteiger partial charge < -0.3 is 15.2 Å². The third kappa shape index (κ3) is 3.25. The monoisotopic (exact) mass is 304 g/mol. The van der Waals surface area contributed by atoms with Crippen LogP contribution in [0.5, 0.6) is 0 Å². The predicted octanol–water partition coefficient (Wildman–Crippen LogP) is 1.83. The molecule has 1 aromatic carbocycles. The minimum absolute atomic E-state index is 0.0560. The van der Waals surface area contributed by atoms with Crippen molar-refractivity contribution in [1.29, 1.82) is 5.41 Å². The van der Waals surface area contributed by atoms with Crippen LogP contribution in [0.2, 0.25) is 5.02 Å². The largest absolute Gasteiger partial charge is 0.377 e. The summed E-state index contributed by atoms with van der Waals surface area (Å²) < 4.78 is 1.62. The lowest BCUT2D eigenvalue weighted by molar-refractivity contribution is 0.0998. The number of primary amides is 1. The Morgan fingerprint density at radius 3 is 2.67 bits per heavy atom. The highest BCUT2D eigenvalue weighted by Crippen LogP contribution is 2.19. The van der Waals surface area contributed by atoms with E-state index in [1.165, 1.54) is 6.07 Å². The molecule has 1 heterocycles. The van der Waals surface area contributed by atoms with Gasteiger partial charge in [-0.1, -0.05) is 29.8 Å². The molecule has 0 saturated heterocycles. The molecule has 0 aliphatic heterocycles. The lowest BCUT2D eigenvalue weighted by Gasteiger charge is -2.18. The molecule has 5 nitrogen and oxygen atoms in total. The first-order chi connectivity index (χ1) is 9.90. The van der Waals surface area contributed by atoms with Crippen LogP contribution >= 0.6 is 11.6 Å². The molecule has 1 amide bonds. The summed E-state index contributed by atoms with van der Waals surface area (Å²) in [5.41, 5.74) is 7.53. The number of carbonyl (C=O) groups excluding carboxylic acids is 1. The molecule has 6 heteroatoms. The van der Waals surface area contributed by atoms with Crippen molar-refractivity contribution in [3.05, 3.63) is 58.2 Å². The number of nitrogens with one attached hydrogen (secondary N) is 1. The van der Waals surface area contributed by atoms with Gasteiger partial charge in [0.25, 0.3) is 5.91 Å². The molecule has 1 aromatic heterocycles. The van der Waals surface area contributed by atoms with Crippen LogP contribution in [0, 0.1) is 5.41 Å². The Balaban J connectivity index is 2.50. The van der Waals surface area contributed by atoms with Gasteiger partial charge in [-0.25, -0.2) is 0 Å². The van der Waals surface area contributed by atoms with Crippen molar-refractivity contribution < 1.29 is 4.79 Å². The van der Waals surface area contributed by atoms with Crippen LogP contribution in [-0.4, -0.2) is 24.6 Å². The summed E-state index contributed by atoms with van der Waals surface area (Å²) >= 11 is 6.01. The maximum atomic E-state index is 11.4. The van der Waals surface area contributed by atoms with E-state index in [-0.39, 0.29) is 11.1 Å². The average molecular weight is 305 g/mol. The van der Waals surface area contributed by atoms with Crippen LogP contribution in [0.15, 0.2) is 36.5 Å². The smallest absolute Gasteiger partial charge is 0.252 e. The Morgan fingerprint density at radius 2 is 2.05 bits per heavy atom. The molecular weight excluding hydrogens is 288 g/mol. The number of nitrogens with zero attached hydrogens (tertiary/aromatic N) is 2. The maximum Gasteiger partial charge on any atom is 0.252 e. The van der Waals surface area contributed by atoms with E-state index in [4.69, 9.17) is 22.7 Å². The molecule has 0 aliphatic rings. The second-order valence-electron chi connectivity index (χ2n) is 4.94. The number of anilines is 1. The fourth-order valence-corrected chi connectivity index (χ4v) is 2.42. The molecule has 0 radical (unpaired) electrons. The molecule has 21 heavy (non-hydrogen) atoms. The molecule has 2 aromatic rings. The summed E-state index contributed by atoms with van der Waals surface area (Å²) in [4.78, 5) is 13.4. The molecule has 2 rings (SSSR count). The molecule has 110 valence electrons. The fourth-order valence-electron chi connectivity index (χ4n) is 2.19. The van der Waals surface area contributed by atoms with Gasteiger partial charge in [0, 0.05) is 26.0 Å². The highest BCUT2D eigenvalue weighted by atomic mass is 35.5. The molecule has 0 unspecified atom stereocenters. The van der Waals surface area contributed by atoms with Crippen LogP contribution in [0.3, 0.4) is 0 Å². The zero-order valence-corrected chi connectivity index (χ0v) is 12.7. The minimum atomic E-state index is -0.655. The first-order valence-corrected chi connectivity index (χ1v) is 6.77. The number of para-hydroxylation sites is 1. The number of hydrogen-bond donors (Lipinski definition) is 2. The SMILES string of the molecule is CN(C)c1ccccc1Cn1cc(Cl)cc(C(N)=O)c1=N. The molecule has 3 N–H and O–H groups in total. The van der Waals surface area contributed by atoms with E-state index in [1.807, 2.05) is 43.3 Å². The van der Waals surface area contributed by atoms with E-state index in [9.17, 15) is 4.79 Å². The lowest BCUT2D eigenvalue weighted by Crippen LogP contribution is -2.30. The van der Waals surface area contributed by atoms with Gasteiger partial charge in [0.05, 0.1) is 17.1 Å². The fraction of sp³-hybridized carbons (Fsp3) is 0.200. The molecule has 0 saturated carbocycles. The molecule has 0 bridgehead atoms. The Hall–Kier alpha value is -2.27. The van der Waals surface area contributed by atoms with Crippen molar-refractivity contribution in [3.8, 4) is 0 Å². The summed E-state index contributed by atoms with van der Waals surface area (Å²) in [5.74, 6) is -0.655. The quantitative estimate of drug-likeness (QED) is 0.904. The van der Waals surface area contributed by atoms with E-state index in [1.54, 1.807) is 10.8 Å². The van der Waals surface area contributed by atoms with Gasteiger partial charge in [-0.3, -0.25) is 10.2 Å². The van der Waals surface area contributed by atoms with E-state index >= 15 is 0 Å². The highest BCUT2D eigenvalue weighted by Gasteiger charge is 2.10. The van der Waals surface area contributed by atoms with Crippen LogP contribution in [0.4, 0.5) is 5.69 Å². The van der Waals surface area contributed by atoms with Gasteiger partial charge in [0.15, 0.2) is 0 Å². The normalized spacial score (nSPS) is 10.4. The number of halogens is 1. The Labute approximate surface area is 128 Å². The van der Waals surface area contributed by atoms with Crippen molar-refractivity contribution in [1.82, 2.24) is 4.57 Å². The molecule has 0 fully saturated rings. The van der Waals surface area contributed by atoms with Crippen LogP contribution in [-0.2, 0) is 6.54 Å². The average Bonchev–Trinajstić information content (AvgIpc) is 2.42. The number of nitrogens with two attached hydrogens (primary N) is 1. The van der Waals surface area contributed by atoms with E-state index in [0.29, 0.717) is 11.6 Å². The summed E-state index contributed by atoms with van der Waals surface area (Å²) in [7, 11) is 3.91. The predicted molar refractivity (Wildman–Crippen MR) is 83.7 cm³/mol. The second kappa shape index (κ2) is 6.01. The Bertz CT molecular complexity index is 737. The van der Waals surface area contributed by atoms with Crippen molar-refractivity contribution in [3.63, 3.8) is 0 Å². The van der Waals surface area contributed by atoms with Crippen LogP contribution in [0.1, 0.15) is 15.9 Å². The van der Waals surface area contributed by atoms with Gasteiger partial charge >= 0.3 is 0 Å². The number of amides is 1. The molecule has 0 aliphatic carbocycles. The summed E-state index contributed by atoms with van der Waals surface area (Å²) in [6.45, 7) is 0.439. The molecule has 0 spiro atoms.